The van der Waals surface area contributed by atoms with E-state index in [1.54, 1.807) is 6.20 Å². The van der Waals surface area contributed by atoms with Crippen LogP contribution in [-0.4, -0.2) is 22.3 Å². The number of nitrogens with two attached hydrogens (primary N) is 1. The average molecular weight is 205 g/mol. The van der Waals surface area contributed by atoms with Gasteiger partial charge in [-0.05, 0) is 32.0 Å². The molecule has 2 aromatic rings. The molecular weight excluding hydrogens is 190 g/mol. The second-order valence-corrected chi connectivity index (χ2v) is 4.18. The highest BCUT2D eigenvalue weighted by Gasteiger charge is 2.17. The zero-order chi connectivity index (χ0) is 10.9. The molecule has 0 amide bonds. The van der Waals surface area contributed by atoms with Crippen LogP contribution in [0.1, 0.15) is 13.8 Å². The topological polar surface area (TPSA) is 63.9 Å². The minimum Gasteiger partial charge on any atom is -0.487 e. The summed E-state index contributed by atoms with van der Waals surface area (Å²) >= 11 is 0. The molecule has 3 N–H and O–H groups in total. The molecule has 0 aliphatic rings. The summed E-state index contributed by atoms with van der Waals surface area (Å²) in [5.41, 5.74) is 6.27. The van der Waals surface area contributed by atoms with Gasteiger partial charge in [0.15, 0.2) is 0 Å². The molecule has 80 valence electrons. The second-order valence-electron chi connectivity index (χ2n) is 4.18. The molecule has 0 aliphatic heterocycles. The highest BCUT2D eigenvalue weighted by atomic mass is 16.5. The van der Waals surface area contributed by atoms with Crippen LogP contribution in [0.25, 0.3) is 10.9 Å². The van der Waals surface area contributed by atoms with Gasteiger partial charge >= 0.3 is 0 Å². The first-order chi connectivity index (χ1) is 7.11. The summed E-state index contributed by atoms with van der Waals surface area (Å²) < 4.78 is 5.76. The van der Waals surface area contributed by atoms with Crippen LogP contribution in [0.2, 0.25) is 0 Å². The molecule has 4 nitrogen and oxygen atoms in total. The number of ether oxygens (including phenoxy) is 1. The number of aromatic amines is 1. The maximum absolute atomic E-state index is 5.76. The number of hydrogen-bond donors (Lipinski definition) is 2. The highest BCUT2D eigenvalue weighted by Crippen LogP contribution is 2.22. The van der Waals surface area contributed by atoms with Crippen molar-refractivity contribution in [3.63, 3.8) is 0 Å². The van der Waals surface area contributed by atoms with Crippen LogP contribution in [-0.2, 0) is 0 Å². The van der Waals surface area contributed by atoms with Crippen LogP contribution in [0.5, 0.6) is 5.75 Å². The summed E-state index contributed by atoms with van der Waals surface area (Å²) in [5, 5.41) is 7.89. The average Bonchev–Trinajstić information content (AvgIpc) is 2.64. The largest absolute Gasteiger partial charge is 0.487 e. The Labute approximate surface area is 88.4 Å². The van der Waals surface area contributed by atoms with Gasteiger partial charge in [0.2, 0.25) is 0 Å². The third kappa shape index (κ3) is 2.10. The lowest BCUT2D eigenvalue weighted by molar-refractivity contribution is 0.119. The standard InChI is InChI=1S/C11H15N3O/c1-11(2,7-12)15-9-3-4-10-8(5-9)6-13-14-10/h3-6H,7,12H2,1-2H3,(H,13,14). The molecule has 15 heavy (non-hydrogen) atoms. The van der Waals surface area contributed by atoms with Gasteiger partial charge in [-0.25, -0.2) is 0 Å². The summed E-state index contributed by atoms with van der Waals surface area (Å²) in [6.07, 6.45) is 1.78. The van der Waals surface area contributed by atoms with E-state index in [1.807, 2.05) is 32.0 Å². The van der Waals surface area contributed by atoms with Gasteiger partial charge in [0.05, 0.1) is 11.7 Å². The number of hydrogen-bond acceptors (Lipinski definition) is 3. The lowest BCUT2D eigenvalue weighted by atomic mass is 10.1. The molecule has 0 saturated heterocycles. The minimum absolute atomic E-state index is 0.336. The lowest BCUT2D eigenvalue weighted by Gasteiger charge is -2.24. The molecular formula is C11H15N3O. The molecule has 0 aliphatic carbocycles. The Bertz CT molecular complexity index is 462. The van der Waals surface area contributed by atoms with Crippen molar-refractivity contribution in [2.45, 2.75) is 19.4 Å². The van der Waals surface area contributed by atoms with Crippen molar-refractivity contribution in [2.75, 3.05) is 6.54 Å². The third-order valence-corrected chi connectivity index (χ3v) is 2.30. The smallest absolute Gasteiger partial charge is 0.120 e. The van der Waals surface area contributed by atoms with Gasteiger partial charge in [-0.3, -0.25) is 5.10 Å². The van der Waals surface area contributed by atoms with Gasteiger partial charge in [0.1, 0.15) is 11.4 Å². The van der Waals surface area contributed by atoms with Gasteiger partial charge in [-0.1, -0.05) is 0 Å². The number of fused-ring (bicyclic) bond motifs is 1. The summed E-state index contributed by atoms with van der Waals surface area (Å²) in [7, 11) is 0. The van der Waals surface area contributed by atoms with E-state index >= 15 is 0 Å². The summed E-state index contributed by atoms with van der Waals surface area (Å²) in [6, 6.07) is 5.82. The Morgan fingerprint density at radius 2 is 2.27 bits per heavy atom. The fourth-order valence-electron chi connectivity index (χ4n) is 1.34. The Balaban J connectivity index is 2.28. The normalized spacial score (nSPS) is 11.9. The van der Waals surface area contributed by atoms with Crippen molar-refractivity contribution in [1.29, 1.82) is 0 Å². The second kappa shape index (κ2) is 3.55. The van der Waals surface area contributed by atoms with Crippen molar-refractivity contribution >= 4 is 10.9 Å². The van der Waals surface area contributed by atoms with Gasteiger partial charge in [0.25, 0.3) is 0 Å². The molecule has 0 bridgehead atoms. The fourth-order valence-corrected chi connectivity index (χ4v) is 1.34. The fraction of sp³-hybridized carbons (Fsp3) is 0.364. The van der Waals surface area contributed by atoms with E-state index in [2.05, 4.69) is 10.2 Å². The van der Waals surface area contributed by atoms with Gasteiger partial charge in [-0.2, -0.15) is 5.10 Å². The van der Waals surface area contributed by atoms with Crippen molar-refractivity contribution in [3.05, 3.63) is 24.4 Å². The van der Waals surface area contributed by atoms with Crippen molar-refractivity contribution < 1.29 is 4.74 Å². The molecule has 2 rings (SSSR count). The molecule has 0 spiro atoms. The molecule has 1 heterocycles. The Hall–Kier alpha value is -1.55. The van der Waals surface area contributed by atoms with Crippen LogP contribution in [0, 0.1) is 0 Å². The van der Waals surface area contributed by atoms with Gasteiger partial charge < -0.3 is 10.5 Å². The van der Waals surface area contributed by atoms with Crippen molar-refractivity contribution in [3.8, 4) is 5.75 Å². The van der Waals surface area contributed by atoms with Crippen LogP contribution < -0.4 is 10.5 Å². The Kier molecular flexibility index (Phi) is 2.36. The predicted molar refractivity (Wildman–Crippen MR) is 59.9 cm³/mol. The van der Waals surface area contributed by atoms with Crippen molar-refractivity contribution in [1.82, 2.24) is 10.2 Å². The zero-order valence-corrected chi connectivity index (χ0v) is 8.95. The zero-order valence-electron chi connectivity index (χ0n) is 8.95. The number of nitrogens with zero attached hydrogens (tertiary/aromatic N) is 1. The maximum atomic E-state index is 5.76. The first-order valence-electron chi connectivity index (χ1n) is 4.93. The van der Waals surface area contributed by atoms with Crippen molar-refractivity contribution in [2.24, 2.45) is 5.73 Å². The van der Waals surface area contributed by atoms with Crippen LogP contribution in [0.15, 0.2) is 24.4 Å². The quantitative estimate of drug-likeness (QED) is 0.801. The molecule has 0 atom stereocenters. The van der Waals surface area contributed by atoms with E-state index in [4.69, 9.17) is 10.5 Å². The summed E-state index contributed by atoms with van der Waals surface area (Å²) in [4.78, 5) is 0. The SMILES string of the molecule is CC(C)(CN)Oc1ccc2[nH]ncc2c1. The third-order valence-electron chi connectivity index (χ3n) is 2.30. The van der Waals surface area contributed by atoms with E-state index in [0.29, 0.717) is 6.54 Å². The van der Waals surface area contributed by atoms with Gasteiger partial charge in [0, 0.05) is 11.9 Å². The number of nitrogens with one attached hydrogen (secondary N) is 1. The maximum Gasteiger partial charge on any atom is 0.120 e. The monoisotopic (exact) mass is 205 g/mol. The van der Waals surface area contributed by atoms with Crippen LogP contribution in [0.4, 0.5) is 0 Å². The predicted octanol–water partition coefficient (Wildman–Crippen LogP) is 1.68. The van der Waals surface area contributed by atoms with E-state index in [9.17, 15) is 0 Å². The van der Waals surface area contributed by atoms with E-state index in [0.717, 1.165) is 16.7 Å². The van der Waals surface area contributed by atoms with Crippen LogP contribution >= 0.6 is 0 Å². The summed E-state index contributed by atoms with van der Waals surface area (Å²) in [5.74, 6) is 0.819. The van der Waals surface area contributed by atoms with Crippen LogP contribution in [0.3, 0.4) is 0 Å². The molecule has 1 aromatic heterocycles. The van der Waals surface area contributed by atoms with E-state index < -0.39 is 0 Å². The Morgan fingerprint density at radius 1 is 1.47 bits per heavy atom. The molecule has 1 aromatic carbocycles. The molecule has 0 saturated carbocycles. The number of aromatic nitrogens is 2. The molecule has 0 fully saturated rings. The van der Waals surface area contributed by atoms with E-state index in [1.165, 1.54) is 0 Å². The summed E-state index contributed by atoms with van der Waals surface area (Å²) in [6.45, 7) is 4.41. The number of rotatable bonds is 3. The number of benzene rings is 1. The van der Waals surface area contributed by atoms with E-state index in [-0.39, 0.29) is 5.60 Å². The highest BCUT2D eigenvalue weighted by molar-refractivity contribution is 5.79. The molecule has 0 radical (unpaired) electrons. The van der Waals surface area contributed by atoms with Gasteiger partial charge in [-0.15, -0.1) is 0 Å². The molecule has 0 unspecified atom stereocenters. The molecule has 4 heteroatoms. The first-order valence-corrected chi connectivity index (χ1v) is 4.93. The lowest BCUT2D eigenvalue weighted by Crippen LogP contribution is -2.37. The first kappa shape index (κ1) is 9.98. The number of H-pyrrole nitrogens is 1. The Morgan fingerprint density at radius 3 is 3.00 bits per heavy atom. The minimum atomic E-state index is -0.336.